The van der Waals surface area contributed by atoms with Crippen molar-refractivity contribution in [3.8, 4) is 10.6 Å². The van der Waals surface area contributed by atoms with Crippen LogP contribution in [0.25, 0.3) is 20.8 Å². The number of alkyl halides is 7. The Labute approximate surface area is 210 Å². The van der Waals surface area contributed by atoms with E-state index in [4.69, 9.17) is 0 Å². The van der Waals surface area contributed by atoms with E-state index in [-0.39, 0.29) is 30.1 Å². The van der Waals surface area contributed by atoms with Crippen LogP contribution in [0, 0.1) is 19.8 Å². The highest BCUT2D eigenvalue weighted by Crippen LogP contribution is 2.46. The molecule has 1 aliphatic carbocycles. The van der Waals surface area contributed by atoms with Crippen molar-refractivity contribution in [2.24, 2.45) is 5.92 Å². The maximum atomic E-state index is 13.9. The SMILES string of the molecule is Cc1nc(NCC(F)(F)C(F)(F)C(F)(F)F)nc(N[C@H]2CC[C@@H](CO)C2)c1-c1nc2c(C)nccc2s1. The van der Waals surface area contributed by atoms with Gasteiger partial charge in [-0.1, -0.05) is 0 Å². The summed E-state index contributed by atoms with van der Waals surface area (Å²) in [5.41, 5.74) is 2.00. The van der Waals surface area contributed by atoms with Crippen molar-refractivity contribution in [3.05, 3.63) is 23.7 Å². The molecule has 1 saturated carbocycles. The second-order valence-electron chi connectivity index (χ2n) is 8.95. The number of halogens is 7. The second-order valence-corrected chi connectivity index (χ2v) is 9.98. The van der Waals surface area contributed by atoms with Gasteiger partial charge >= 0.3 is 18.0 Å². The molecule has 7 nitrogen and oxygen atoms in total. The van der Waals surface area contributed by atoms with Crippen molar-refractivity contribution in [1.82, 2.24) is 19.9 Å². The molecule has 1 aliphatic rings. The zero-order valence-corrected chi connectivity index (χ0v) is 20.5. The molecule has 4 rings (SSSR count). The van der Waals surface area contributed by atoms with Crippen molar-refractivity contribution < 1.29 is 35.8 Å². The maximum absolute atomic E-state index is 13.9. The molecule has 3 N–H and O–H groups in total. The number of aromatic nitrogens is 4. The molecule has 37 heavy (non-hydrogen) atoms. The van der Waals surface area contributed by atoms with Gasteiger partial charge in [0.1, 0.15) is 16.3 Å². The van der Waals surface area contributed by atoms with Crippen LogP contribution in [0.1, 0.15) is 30.7 Å². The zero-order chi connectivity index (χ0) is 27.2. The molecule has 0 radical (unpaired) electrons. The maximum Gasteiger partial charge on any atom is 0.459 e. The minimum absolute atomic E-state index is 0.00666. The number of hydrogen-bond acceptors (Lipinski definition) is 8. The fraction of sp³-hybridized carbons (Fsp3) is 0.545. The molecule has 15 heteroatoms. The Bertz CT molecular complexity index is 1280. The molecule has 0 aliphatic heterocycles. The quantitative estimate of drug-likeness (QED) is 0.314. The Hall–Kier alpha value is -2.81. The molecule has 3 heterocycles. The summed E-state index contributed by atoms with van der Waals surface area (Å²) in [7, 11) is 0. The van der Waals surface area contributed by atoms with Crippen LogP contribution in [0.15, 0.2) is 12.3 Å². The lowest BCUT2D eigenvalue weighted by Gasteiger charge is -2.28. The largest absolute Gasteiger partial charge is 0.459 e. The van der Waals surface area contributed by atoms with Gasteiger partial charge in [-0.25, -0.2) is 9.97 Å². The molecule has 0 spiro atoms. The first-order valence-electron chi connectivity index (χ1n) is 11.3. The summed E-state index contributed by atoms with van der Waals surface area (Å²) in [6.07, 6.45) is -2.80. The summed E-state index contributed by atoms with van der Waals surface area (Å²) in [4.78, 5) is 17.0. The molecule has 2 atom stereocenters. The average Bonchev–Trinajstić information content (AvgIpc) is 3.44. The number of hydrogen-bond donors (Lipinski definition) is 3. The first-order valence-corrected chi connectivity index (χ1v) is 12.1. The number of nitrogens with one attached hydrogen (secondary N) is 2. The van der Waals surface area contributed by atoms with Crippen LogP contribution in [-0.4, -0.2) is 62.3 Å². The number of pyridine rings is 1. The highest BCUT2D eigenvalue weighted by Gasteiger charge is 2.72. The van der Waals surface area contributed by atoms with Crippen LogP contribution in [-0.2, 0) is 0 Å². The van der Waals surface area contributed by atoms with Gasteiger partial charge in [0, 0.05) is 18.8 Å². The predicted molar refractivity (Wildman–Crippen MR) is 124 cm³/mol. The molecule has 3 aromatic heterocycles. The summed E-state index contributed by atoms with van der Waals surface area (Å²) >= 11 is 1.31. The third-order valence-corrected chi connectivity index (χ3v) is 7.26. The number of fused-ring (bicyclic) bond motifs is 1. The van der Waals surface area contributed by atoms with Crippen molar-refractivity contribution >= 4 is 33.3 Å². The van der Waals surface area contributed by atoms with Crippen LogP contribution in [0.4, 0.5) is 42.5 Å². The van der Waals surface area contributed by atoms with Gasteiger partial charge < -0.3 is 15.7 Å². The standard InChI is InChI=1S/C22H23F7N6OS/c1-10-15(18-34-16-11(2)30-6-5-14(16)37-18)17(33-13-4-3-12(7-13)8-36)35-19(32-10)31-9-20(23,24)21(25,26)22(27,28)29/h5-6,12-13,36H,3-4,7-9H2,1-2H3,(H2,31,32,33,35)/t12-,13+/m1/s1. The van der Waals surface area contributed by atoms with Gasteiger partial charge in [0.2, 0.25) is 5.95 Å². The Morgan fingerprint density at radius 3 is 2.38 bits per heavy atom. The number of anilines is 2. The average molecular weight is 553 g/mol. The molecule has 202 valence electrons. The summed E-state index contributed by atoms with van der Waals surface area (Å²) < 4.78 is 92.7. The van der Waals surface area contributed by atoms with Crippen LogP contribution >= 0.6 is 11.3 Å². The molecule has 0 aromatic carbocycles. The van der Waals surface area contributed by atoms with Gasteiger partial charge in [0.15, 0.2) is 0 Å². The van der Waals surface area contributed by atoms with Crippen molar-refractivity contribution in [1.29, 1.82) is 0 Å². The zero-order valence-electron chi connectivity index (χ0n) is 19.6. The van der Waals surface area contributed by atoms with E-state index in [9.17, 15) is 35.8 Å². The van der Waals surface area contributed by atoms with Gasteiger partial charge in [0.25, 0.3) is 0 Å². The molecular formula is C22H23F7N6OS. The Morgan fingerprint density at radius 2 is 1.76 bits per heavy atom. The van der Waals surface area contributed by atoms with Gasteiger partial charge in [-0.05, 0) is 45.1 Å². The highest BCUT2D eigenvalue weighted by molar-refractivity contribution is 7.21. The molecule has 3 aromatic rings. The molecule has 1 fully saturated rings. The van der Waals surface area contributed by atoms with Crippen molar-refractivity contribution in [2.45, 2.75) is 57.2 Å². The van der Waals surface area contributed by atoms with E-state index < -0.39 is 30.5 Å². The van der Waals surface area contributed by atoms with Crippen LogP contribution in [0.2, 0.25) is 0 Å². The van der Waals surface area contributed by atoms with Gasteiger partial charge in [-0.15, -0.1) is 11.3 Å². The van der Waals surface area contributed by atoms with Gasteiger partial charge in [-0.2, -0.15) is 35.7 Å². The first kappa shape index (κ1) is 27.2. The monoisotopic (exact) mass is 552 g/mol. The fourth-order valence-corrected chi connectivity index (χ4v) is 5.29. The summed E-state index contributed by atoms with van der Waals surface area (Å²) in [5, 5.41) is 15.0. The predicted octanol–water partition coefficient (Wildman–Crippen LogP) is 5.58. The van der Waals surface area contributed by atoms with Gasteiger partial charge in [0.05, 0.1) is 28.2 Å². The Morgan fingerprint density at radius 1 is 1.03 bits per heavy atom. The molecule has 0 bridgehead atoms. The molecule has 0 amide bonds. The molecule has 0 saturated heterocycles. The van der Waals surface area contributed by atoms with E-state index in [1.165, 1.54) is 18.3 Å². The minimum atomic E-state index is -6.43. The second kappa shape index (κ2) is 9.82. The number of nitrogens with zero attached hydrogens (tertiary/aromatic N) is 4. The summed E-state index contributed by atoms with van der Waals surface area (Å²) in [5.74, 6) is -12.0. The summed E-state index contributed by atoms with van der Waals surface area (Å²) in [6, 6.07) is 1.63. The van der Waals surface area contributed by atoms with Crippen molar-refractivity contribution in [3.63, 3.8) is 0 Å². The number of aliphatic hydroxyl groups is 1. The van der Waals surface area contributed by atoms with E-state index in [2.05, 4.69) is 25.3 Å². The third kappa shape index (κ3) is 5.28. The number of aliphatic hydroxyl groups excluding tert-OH is 1. The third-order valence-electron chi connectivity index (χ3n) is 6.22. The minimum Gasteiger partial charge on any atom is -0.396 e. The summed E-state index contributed by atoms with van der Waals surface area (Å²) in [6.45, 7) is 1.26. The molecule has 0 unspecified atom stereocenters. The lowest BCUT2D eigenvalue weighted by atomic mass is 10.1. The van der Waals surface area contributed by atoms with E-state index in [0.29, 0.717) is 34.6 Å². The van der Waals surface area contributed by atoms with Crippen LogP contribution < -0.4 is 10.6 Å². The highest BCUT2D eigenvalue weighted by atomic mass is 32.1. The Kier molecular flexibility index (Phi) is 7.22. The smallest absolute Gasteiger partial charge is 0.396 e. The topological polar surface area (TPSA) is 95.9 Å². The number of rotatable bonds is 8. The lowest BCUT2D eigenvalue weighted by Crippen LogP contribution is -2.55. The normalized spacial score (nSPS) is 19.0. The number of thiazole rings is 1. The number of aryl methyl sites for hydroxylation is 2. The lowest BCUT2D eigenvalue weighted by molar-refractivity contribution is -0.350. The van der Waals surface area contributed by atoms with E-state index >= 15 is 0 Å². The van der Waals surface area contributed by atoms with E-state index in [1.54, 1.807) is 19.2 Å². The van der Waals surface area contributed by atoms with E-state index in [0.717, 1.165) is 11.1 Å². The Balaban J connectivity index is 1.70. The first-order chi connectivity index (χ1) is 17.2. The fourth-order valence-electron chi connectivity index (χ4n) is 4.18. The molecular weight excluding hydrogens is 529 g/mol. The van der Waals surface area contributed by atoms with E-state index in [1.807, 2.05) is 5.32 Å². The van der Waals surface area contributed by atoms with Crippen molar-refractivity contribution in [2.75, 3.05) is 23.8 Å². The van der Waals surface area contributed by atoms with Crippen LogP contribution in [0.3, 0.4) is 0 Å². The van der Waals surface area contributed by atoms with Crippen LogP contribution in [0.5, 0.6) is 0 Å². The van der Waals surface area contributed by atoms with Gasteiger partial charge in [-0.3, -0.25) is 4.98 Å².